The molecule has 4 nitrogen and oxygen atoms in total. The molecule has 0 spiro atoms. The minimum atomic E-state index is -0.530. The Kier molecular flexibility index (Phi) is 5.43. The van der Waals surface area contributed by atoms with E-state index < -0.39 is 6.04 Å². The highest BCUT2D eigenvalue weighted by molar-refractivity contribution is 6.11. The first kappa shape index (κ1) is 18.9. The third-order valence-corrected chi connectivity index (χ3v) is 5.35. The van der Waals surface area contributed by atoms with Crippen LogP contribution in [0.2, 0.25) is 0 Å². The van der Waals surface area contributed by atoms with Gasteiger partial charge in [0.1, 0.15) is 6.04 Å². The lowest BCUT2D eigenvalue weighted by atomic mass is 10.1. The summed E-state index contributed by atoms with van der Waals surface area (Å²) in [6, 6.07) is 24.7. The van der Waals surface area contributed by atoms with Crippen LogP contribution in [0, 0.1) is 6.92 Å². The van der Waals surface area contributed by atoms with Crippen LogP contribution in [0.25, 0.3) is 0 Å². The maximum atomic E-state index is 13.2. The molecule has 0 radical (unpaired) electrons. The fourth-order valence-corrected chi connectivity index (χ4v) is 3.77. The number of aryl methyl sites for hydroxylation is 1. The van der Waals surface area contributed by atoms with E-state index >= 15 is 0 Å². The summed E-state index contributed by atoms with van der Waals surface area (Å²) in [6.07, 6.45) is 1.30. The lowest BCUT2D eigenvalue weighted by Crippen LogP contribution is -2.48. The van der Waals surface area contributed by atoms with Gasteiger partial charge < -0.3 is 5.32 Å². The number of amides is 2. The molecule has 1 atom stereocenters. The molecule has 4 heteroatoms. The minimum absolute atomic E-state index is 0.113. The first-order chi connectivity index (χ1) is 14.1. The highest BCUT2D eigenvalue weighted by Gasteiger charge is 2.38. The van der Waals surface area contributed by atoms with Crippen molar-refractivity contribution in [1.82, 2.24) is 5.32 Å². The molecule has 1 heterocycles. The molecule has 0 aliphatic carbocycles. The predicted octanol–water partition coefficient (Wildman–Crippen LogP) is 3.93. The van der Waals surface area contributed by atoms with Crippen LogP contribution in [0.4, 0.5) is 5.69 Å². The van der Waals surface area contributed by atoms with E-state index in [1.807, 2.05) is 42.5 Å². The monoisotopic (exact) mass is 384 g/mol. The Labute approximate surface area is 171 Å². The summed E-state index contributed by atoms with van der Waals surface area (Å²) < 4.78 is 0. The molecule has 0 aromatic heterocycles. The van der Waals surface area contributed by atoms with Gasteiger partial charge in [-0.3, -0.25) is 14.5 Å². The molecular formula is C25H24N2O2. The summed E-state index contributed by atoms with van der Waals surface area (Å²) in [6.45, 7) is 2.60. The van der Waals surface area contributed by atoms with Crippen molar-refractivity contribution in [2.24, 2.45) is 0 Å². The Hall–Kier alpha value is -3.40. The number of nitrogens with zero attached hydrogens (tertiary/aromatic N) is 1. The number of benzene rings is 3. The predicted molar refractivity (Wildman–Crippen MR) is 115 cm³/mol. The summed E-state index contributed by atoms with van der Waals surface area (Å²) in [5.74, 6) is -0.258. The van der Waals surface area contributed by atoms with Gasteiger partial charge in [0.25, 0.3) is 5.91 Å². The first-order valence-electron chi connectivity index (χ1n) is 9.93. The van der Waals surface area contributed by atoms with E-state index in [9.17, 15) is 9.59 Å². The molecule has 3 aromatic rings. The fraction of sp³-hybridized carbons (Fsp3) is 0.200. The van der Waals surface area contributed by atoms with Gasteiger partial charge >= 0.3 is 0 Å². The highest BCUT2D eigenvalue weighted by Crippen LogP contribution is 2.33. The molecule has 0 saturated heterocycles. The number of hydrogen-bond donors (Lipinski definition) is 1. The van der Waals surface area contributed by atoms with Crippen molar-refractivity contribution >= 4 is 17.5 Å². The van der Waals surface area contributed by atoms with E-state index in [0.717, 1.165) is 17.7 Å². The summed E-state index contributed by atoms with van der Waals surface area (Å²) in [5.41, 5.74) is 4.83. The van der Waals surface area contributed by atoms with Gasteiger partial charge in [-0.1, -0.05) is 66.2 Å². The van der Waals surface area contributed by atoms with Crippen LogP contribution in [0.15, 0.2) is 78.9 Å². The molecule has 3 aromatic carbocycles. The number of rotatable bonds is 5. The number of hydrogen-bond acceptors (Lipinski definition) is 2. The van der Waals surface area contributed by atoms with Crippen LogP contribution in [0.5, 0.6) is 0 Å². The molecular weight excluding hydrogens is 360 g/mol. The molecule has 1 N–H and O–H groups in total. The molecule has 1 aliphatic rings. The van der Waals surface area contributed by atoms with Gasteiger partial charge in [0.05, 0.1) is 0 Å². The largest absolute Gasteiger partial charge is 0.354 e. The third-order valence-electron chi connectivity index (χ3n) is 5.35. The average Bonchev–Trinajstić information content (AvgIpc) is 3.15. The Bertz CT molecular complexity index is 1010. The van der Waals surface area contributed by atoms with Gasteiger partial charge in [0, 0.05) is 24.2 Å². The molecule has 1 aliphatic heterocycles. The fourth-order valence-electron chi connectivity index (χ4n) is 3.77. The Morgan fingerprint density at radius 1 is 0.931 bits per heavy atom. The Morgan fingerprint density at radius 3 is 2.38 bits per heavy atom. The molecule has 0 bridgehead atoms. The average molecular weight is 384 g/mol. The van der Waals surface area contributed by atoms with Crippen LogP contribution in [0.1, 0.15) is 27.0 Å². The van der Waals surface area contributed by atoms with Crippen molar-refractivity contribution in [3.8, 4) is 0 Å². The van der Waals surface area contributed by atoms with Gasteiger partial charge in [-0.2, -0.15) is 0 Å². The molecule has 0 unspecified atom stereocenters. The topological polar surface area (TPSA) is 49.4 Å². The molecule has 146 valence electrons. The van der Waals surface area contributed by atoms with E-state index in [-0.39, 0.29) is 11.8 Å². The summed E-state index contributed by atoms with van der Waals surface area (Å²) in [7, 11) is 0. The van der Waals surface area contributed by atoms with E-state index in [2.05, 4.69) is 36.5 Å². The van der Waals surface area contributed by atoms with Crippen LogP contribution in [0.3, 0.4) is 0 Å². The lowest BCUT2D eigenvalue weighted by Gasteiger charge is -2.25. The first-order valence-corrected chi connectivity index (χ1v) is 9.93. The number of para-hydroxylation sites is 1. The third kappa shape index (κ3) is 4.06. The van der Waals surface area contributed by atoms with Crippen molar-refractivity contribution in [3.63, 3.8) is 0 Å². The molecule has 0 saturated carbocycles. The Morgan fingerprint density at radius 2 is 1.62 bits per heavy atom. The summed E-state index contributed by atoms with van der Waals surface area (Å²) >= 11 is 0. The van der Waals surface area contributed by atoms with Gasteiger partial charge in [-0.05, 0) is 42.7 Å². The second-order valence-electron chi connectivity index (χ2n) is 7.42. The van der Waals surface area contributed by atoms with Crippen LogP contribution < -0.4 is 10.2 Å². The van der Waals surface area contributed by atoms with Crippen molar-refractivity contribution < 1.29 is 9.59 Å². The number of nitrogens with one attached hydrogen (secondary N) is 1. The van der Waals surface area contributed by atoms with E-state index in [1.54, 1.807) is 17.0 Å². The molecule has 29 heavy (non-hydrogen) atoms. The van der Waals surface area contributed by atoms with Gasteiger partial charge in [0.15, 0.2) is 0 Å². The normalized spacial score (nSPS) is 15.1. The maximum Gasteiger partial charge on any atom is 0.259 e. The zero-order valence-corrected chi connectivity index (χ0v) is 16.5. The van der Waals surface area contributed by atoms with E-state index in [4.69, 9.17) is 0 Å². The van der Waals surface area contributed by atoms with Gasteiger partial charge in [-0.25, -0.2) is 0 Å². The molecule has 0 fully saturated rings. The zero-order chi connectivity index (χ0) is 20.2. The van der Waals surface area contributed by atoms with Crippen molar-refractivity contribution in [2.75, 3.05) is 11.4 Å². The SMILES string of the molecule is Cc1ccc(CCNC(=O)[C@H]2Cc3ccccc3N2C(=O)c2ccccc2)cc1. The number of fused-ring (bicyclic) bond motifs is 1. The van der Waals surface area contributed by atoms with Gasteiger partial charge in [-0.15, -0.1) is 0 Å². The van der Waals surface area contributed by atoms with Crippen LogP contribution in [-0.2, 0) is 17.6 Å². The maximum absolute atomic E-state index is 13.2. The summed E-state index contributed by atoms with van der Waals surface area (Å²) in [5, 5.41) is 3.03. The highest BCUT2D eigenvalue weighted by atomic mass is 16.2. The van der Waals surface area contributed by atoms with E-state index in [0.29, 0.717) is 18.5 Å². The second kappa shape index (κ2) is 8.31. The van der Waals surface area contributed by atoms with Crippen LogP contribution >= 0.6 is 0 Å². The van der Waals surface area contributed by atoms with E-state index in [1.165, 1.54) is 11.1 Å². The van der Waals surface area contributed by atoms with Crippen LogP contribution in [-0.4, -0.2) is 24.4 Å². The van der Waals surface area contributed by atoms with Crippen molar-refractivity contribution in [2.45, 2.75) is 25.8 Å². The molecule has 4 rings (SSSR count). The number of carbonyl (C=O) groups is 2. The quantitative estimate of drug-likeness (QED) is 0.725. The van der Waals surface area contributed by atoms with Crippen molar-refractivity contribution in [1.29, 1.82) is 0 Å². The number of carbonyl (C=O) groups excluding carboxylic acids is 2. The lowest BCUT2D eigenvalue weighted by molar-refractivity contribution is -0.122. The summed E-state index contributed by atoms with van der Waals surface area (Å²) in [4.78, 5) is 27.8. The minimum Gasteiger partial charge on any atom is -0.354 e. The van der Waals surface area contributed by atoms with Gasteiger partial charge in [0.2, 0.25) is 5.91 Å². The zero-order valence-electron chi connectivity index (χ0n) is 16.5. The standard InChI is InChI=1S/C25H24N2O2/c1-18-11-13-19(14-12-18)15-16-26-24(28)23-17-21-9-5-6-10-22(21)27(23)25(29)20-7-3-2-4-8-20/h2-14,23H,15-17H2,1H3,(H,26,28)/t23-/m1/s1. The second-order valence-corrected chi connectivity index (χ2v) is 7.42. The smallest absolute Gasteiger partial charge is 0.259 e. The Balaban J connectivity index is 1.49. The number of anilines is 1. The van der Waals surface area contributed by atoms with Crippen molar-refractivity contribution in [3.05, 3.63) is 101 Å². The molecule has 2 amide bonds.